The largest absolute Gasteiger partial charge is 0.497 e. The molecule has 2 N–H and O–H groups in total. The molecule has 0 radical (unpaired) electrons. The molecule has 0 bridgehead atoms. The first-order chi connectivity index (χ1) is 8.26. The van der Waals surface area contributed by atoms with Crippen LogP contribution in [0.2, 0.25) is 0 Å². The van der Waals surface area contributed by atoms with E-state index in [0.29, 0.717) is 6.54 Å². The molecule has 0 spiro atoms. The SMILES string of the molecule is CCCCNCC(=O)Nc1ccc(OC)cc1. The van der Waals surface area contributed by atoms with Gasteiger partial charge in [0.1, 0.15) is 5.75 Å². The molecular formula is C13H20N2O2. The van der Waals surface area contributed by atoms with E-state index in [9.17, 15) is 4.79 Å². The van der Waals surface area contributed by atoms with Crippen molar-refractivity contribution in [3.05, 3.63) is 24.3 Å². The quantitative estimate of drug-likeness (QED) is 0.712. The molecule has 1 aromatic rings. The van der Waals surface area contributed by atoms with Gasteiger partial charge in [0.25, 0.3) is 0 Å². The minimum atomic E-state index is -0.0220. The number of methoxy groups -OCH3 is 1. The Bertz CT molecular complexity index is 336. The summed E-state index contributed by atoms with van der Waals surface area (Å²) in [6.45, 7) is 3.36. The number of carbonyl (C=O) groups excluding carboxylic acids is 1. The highest BCUT2D eigenvalue weighted by Gasteiger charge is 2.01. The maximum atomic E-state index is 11.5. The Hall–Kier alpha value is -1.55. The van der Waals surface area contributed by atoms with Gasteiger partial charge in [-0.1, -0.05) is 13.3 Å². The van der Waals surface area contributed by atoms with E-state index in [2.05, 4.69) is 17.6 Å². The molecule has 94 valence electrons. The first kappa shape index (κ1) is 13.5. The Morgan fingerprint density at radius 3 is 2.59 bits per heavy atom. The van der Waals surface area contributed by atoms with Crippen molar-refractivity contribution in [1.29, 1.82) is 0 Å². The van der Waals surface area contributed by atoms with Crippen LogP contribution in [0.5, 0.6) is 5.75 Å². The second kappa shape index (κ2) is 7.68. The fourth-order valence-electron chi connectivity index (χ4n) is 1.38. The van der Waals surface area contributed by atoms with Gasteiger partial charge in [0.15, 0.2) is 0 Å². The Balaban J connectivity index is 2.29. The van der Waals surface area contributed by atoms with Crippen LogP contribution >= 0.6 is 0 Å². The number of nitrogens with one attached hydrogen (secondary N) is 2. The summed E-state index contributed by atoms with van der Waals surface area (Å²) in [4.78, 5) is 11.5. The topological polar surface area (TPSA) is 50.4 Å². The van der Waals surface area contributed by atoms with Crippen molar-refractivity contribution < 1.29 is 9.53 Å². The molecule has 0 aliphatic carbocycles. The molecule has 1 amide bonds. The predicted molar refractivity (Wildman–Crippen MR) is 69.4 cm³/mol. The van der Waals surface area contributed by atoms with Crippen molar-refractivity contribution in [1.82, 2.24) is 5.32 Å². The summed E-state index contributed by atoms with van der Waals surface area (Å²) in [7, 11) is 1.62. The number of rotatable bonds is 7. The second-order valence-corrected chi connectivity index (χ2v) is 3.81. The lowest BCUT2D eigenvalue weighted by Crippen LogP contribution is -2.28. The van der Waals surface area contributed by atoms with E-state index in [0.717, 1.165) is 30.8 Å². The van der Waals surface area contributed by atoms with Crippen LogP contribution in [0.1, 0.15) is 19.8 Å². The number of hydrogen-bond donors (Lipinski definition) is 2. The number of unbranched alkanes of at least 4 members (excludes halogenated alkanes) is 1. The zero-order valence-corrected chi connectivity index (χ0v) is 10.5. The molecule has 0 atom stereocenters. The van der Waals surface area contributed by atoms with Gasteiger partial charge in [-0.05, 0) is 37.2 Å². The van der Waals surface area contributed by atoms with E-state index >= 15 is 0 Å². The first-order valence-corrected chi connectivity index (χ1v) is 5.91. The number of ether oxygens (including phenoxy) is 1. The first-order valence-electron chi connectivity index (χ1n) is 5.91. The summed E-state index contributed by atoms with van der Waals surface area (Å²) >= 11 is 0. The maximum Gasteiger partial charge on any atom is 0.238 e. The summed E-state index contributed by atoms with van der Waals surface area (Å²) in [6.07, 6.45) is 2.23. The van der Waals surface area contributed by atoms with E-state index < -0.39 is 0 Å². The molecular weight excluding hydrogens is 216 g/mol. The van der Waals surface area contributed by atoms with Crippen molar-refractivity contribution >= 4 is 11.6 Å². The van der Waals surface area contributed by atoms with Crippen LogP contribution < -0.4 is 15.4 Å². The van der Waals surface area contributed by atoms with Gasteiger partial charge < -0.3 is 15.4 Å². The Kier molecular flexibility index (Phi) is 6.10. The number of hydrogen-bond acceptors (Lipinski definition) is 3. The van der Waals surface area contributed by atoms with Crippen molar-refractivity contribution in [2.45, 2.75) is 19.8 Å². The van der Waals surface area contributed by atoms with Gasteiger partial charge >= 0.3 is 0 Å². The van der Waals surface area contributed by atoms with Crippen molar-refractivity contribution in [3.63, 3.8) is 0 Å². The van der Waals surface area contributed by atoms with Gasteiger partial charge in [-0.3, -0.25) is 4.79 Å². The molecule has 0 aliphatic heterocycles. The highest BCUT2D eigenvalue weighted by atomic mass is 16.5. The van der Waals surface area contributed by atoms with Crippen LogP contribution in [0, 0.1) is 0 Å². The number of amides is 1. The van der Waals surface area contributed by atoms with Gasteiger partial charge in [-0.2, -0.15) is 0 Å². The van der Waals surface area contributed by atoms with Crippen LogP contribution in [0.4, 0.5) is 5.69 Å². The average molecular weight is 236 g/mol. The maximum absolute atomic E-state index is 11.5. The Morgan fingerprint density at radius 1 is 1.29 bits per heavy atom. The average Bonchev–Trinajstić information content (AvgIpc) is 2.36. The predicted octanol–water partition coefficient (Wildman–Crippen LogP) is 2.02. The zero-order chi connectivity index (χ0) is 12.5. The molecule has 1 aromatic carbocycles. The lowest BCUT2D eigenvalue weighted by atomic mass is 10.3. The molecule has 4 heteroatoms. The van der Waals surface area contributed by atoms with Gasteiger partial charge in [0, 0.05) is 5.69 Å². The van der Waals surface area contributed by atoms with Crippen LogP contribution in [0.15, 0.2) is 24.3 Å². The molecule has 1 rings (SSSR count). The number of anilines is 1. The zero-order valence-electron chi connectivity index (χ0n) is 10.5. The lowest BCUT2D eigenvalue weighted by molar-refractivity contribution is -0.115. The van der Waals surface area contributed by atoms with Crippen LogP contribution in [0.3, 0.4) is 0 Å². The summed E-state index contributed by atoms with van der Waals surface area (Å²) in [5.74, 6) is 0.760. The summed E-state index contributed by atoms with van der Waals surface area (Å²) in [5, 5.41) is 5.91. The normalized spacial score (nSPS) is 10.0. The van der Waals surface area contributed by atoms with Gasteiger partial charge in [-0.15, -0.1) is 0 Å². The van der Waals surface area contributed by atoms with E-state index in [-0.39, 0.29) is 5.91 Å². The minimum Gasteiger partial charge on any atom is -0.497 e. The van der Waals surface area contributed by atoms with Crippen LogP contribution in [0.25, 0.3) is 0 Å². The smallest absolute Gasteiger partial charge is 0.238 e. The molecule has 0 saturated heterocycles. The van der Waals surface area contributed by atoms with E-state index in [4.69, 9.17) is 4.74 Å². The van der Waals surface area contributed by atoms with Gasteiger partial charge in [-0.25, -0.2) is 0 Å². The fraction of sp³-hybridized carbons (Fsp3) is 0.462. The number of benzene rings is 1. The number of carbonyl (C=O) groups is 1. The monoisotopic (exact) mass is 236 g/mol. The highest BCUT2D eigenvalue weighted by molar-refractivity contribution is 5.92. The van der Waals surface area contributed by atoms with Gasteiger partial charge in [0.05, 0.1) is 13.7 Å². The molecule has 17 heavy (non-hydrogen) atoms. The molecule has 0 saturated carbocycles. The van der Waals surface area contributed by atoms with E-state index in [1.165, 1.54) is 0 Å². The molecule has 0 unspecified atom stereocenters. The van der Waals surface area contributed by atoms with E-state index in [1.807, 2.05) is 24.3 Å². The van der Waals surface area contributed by atoms with E-state index in [1.54, 1.807) is 7.11 Å². The fourth-order valence-corrected chi connectivity index (χ4v) is 1.38. The molecule has 0 aromatic heterocycles. The third-order valence-electron chi connectivity index (χ3n) is 2.37. The van der Waals surface area contributed by atoms with Crippen LogP contribution in [-0.4, -0.2) is 26.1 Å². The molecule has 0 aliphatic rings. The van der Waals surface area contributed by atoms with Crippen molar-refractivity contribution in [3.8, 4) is 5.75 Å². The molecule has 4 nitrogen and oxygen atoms in total. The lowest BCUT2D eigenvalue weighted by Gasteiger charge is -2.07. The minimum absolute atomic E-state index is 0.0220. The standard InChI is InChI=1S/C13H20N2O2/c1-3-4-9-14-10-13(16)15-11-5-7-12(17-2)8-6-11/h5-8,14H,3-4,9-10H2,1-2H3,(H,15,16). The highest BCUT2D eigenvalue weighted by Crippen LogP contribution is 2.14. The van der Waals surface area contributed by atoms with Crippen molar-refractivity contribution in [2.75, 3.05) is 25.5 Å². The molecule has 0 heterocycles. The summed E-state index contributed by atoms with van der Waals surface area (Å²) in [6, 6.07) is 7.28. The Labute approximate surface area is 102 Å². The summed E-state index contributed by atoms with van der Waals surface area (Å²) < 4.78 is 5.04. The third-order valence-corrected chi connectivity index (χ3v) is 2.37. The van der Waals surface area contributed by atoms with Crippen LogP contribution in [-0.2, 0) is 4.79 Å². The van der Waals surface area contributed by atoms with Gasteiger partial charge in [0.2, 0.25) is 5.91 Å². The second-order valence-electron chi connectivity index (χ2n) is 3.81. The van der Waals surface area contributed by atoms with Crippen molar-refractivity contribution in [2.24, 2.45) is 0 Å². The summed E-state index contributed by atoms with van der Waals surface area (Å²) in [5.41, 5.74) is 0.785. The Morgan fingerprint density at radius 2 is 2.00 bits per heavy atom. The molecule has 0 fully saturated rings. The third kappa shape index (κ3) is 5.36.